The van der Waals surface area contributed by atoms with Gasteiger partial charge in [-0.15, -0.1) is 11.8 Å². The number of rotatable bonds is 5. The molecule has 32 heavy (non-hydrogen) atoms. The third-order valence-corrected chi connectivity index (χ3v) is 7.28. The number of aryl methyl sites for hydroxylation is 2. The Labute approximate surface area is 192 Å². The normalized spacial score (nSPS) is 11.6. The van der Waals surface area contributed by atoms with E-state index in [1.807, 2.05) is 39.0 Å². The second-order valence-electron chi connectivity index (χ2n) is 7.93. The van der Waals surface area contributed by atoms with Crippen LogP contribution in [0.25, 0.3) is 21.3 Å². The van der Waals surface area contributed by atoms with Gasteiger partial charge in [0.1, 0.15) is 5.65 Å². The summed E-state index contributed by atoms with van der Waals surface area (Å²) in [6, 6.07) is 5.96. The predicted octanol–water partition coefficient (Wildman–Crippen LogP) is 3.40. The van der Waals surface area contributed by atoms with Gasteiger partial charge in [-0.1, -0.05) is 31.3 Å². The summed E-state index contributed by atoms with van der Waals surface area (Å²) in [5, 5.41) is 3.75. The van der Waals surface area contributed by atoms with Crippen LogP contribution >= 0.6 is 23.1 Å². The minimum Gasteiger partial charge on any atom is -0.301 e. The summed E-state index contributed by atoms with van der Waals surface area (Å²) in [6.07, 6.45) is 1.68. The third-order valence-electron chi connectivity index (χ3n) is 5.21. The van der Waals surface area contributed by atoms with Crippen LogP contribution in [0.5, 0.6) is 0 Å². The summed E-state index contributed by atoms with van der Waals surface area (Å²) in [5.74, 6) is -0.0289. The molecule has 10 heteroatoms. The van der Waals surface area contributed by atoms with Crippen molar-refractivity contribution in [1.82, 2.24) is 19.1 Å². The maximum absolute atomic E-state index is 12.9. The zero-order valence-corrected chi connectivity index (χ0v) is 20.1. The molecule has 1 N–H and O–H groups in total. The van der Waals surface area contributed by atoms with Crippen LogP contribution in [-0.4, -0.2) is 30.8 Å². The quantitative estimate of drug-likeness (QED) is 0.450. The molecule has 0 saturated carbocycles. The SMILES string of the molecule is Cc1ccc2nc(NC(=O)CSc3c(C(C)C)cnc4c3c(=O)n(C)c(=O)n4C)sc2c1. The molecule has 8 nitrogen and oxygen atoms in total. The van der Waals surface area contributed by atoms with E-state index in [-0.39, 0.29) is 17.6 Å². The molecule has 4 rings (SSSR count). The number of carbonyl (C=O) groups excluding carboxylic acids is 1. The summed E-state index contributed by atoms with van der Waals surface area (Å²) < 4.78 is 3.44. The molecule has 1 aromatic carbocycles. The largest absolute Gasteiger partial charge is 0.332 e. The second kappa shape index (κ2) is 8.51. The topological polar surface area (TPSA) is 98.9 Å². The van der Waals surface area contributed by atoms with E-state index in [0.717, 1.165) is 25.9 Å². The Bertz CT molecular complexity index is 1480. The number of carbonyl (C=O) groups is 1. The fraction of sp³-hybridized carbons (Fsp3) is 0.318. The lowest BCUT2D eigenvalue weighted by molar-refractivity contribution is -0.113. The van der Waals surface area contributed by atoms with E-state index in [1.165, 1.54) is 34.7 Å². The van der Waals surface area contributed by atoms with Crippen molar-refractivity contribution in [2.45, 2.75) is 31.6 Å². The Balaban J connectivity index is 1.66. The average molecular weight is 470 g/mol. The molecule has 0 aliphatic heterocycles. The Morgan fingerprint density at radius 3 is 2.69 bits per heavy atom. The molecule has 166 valence electrons. The van der Waals surface area contributed by atoms with Gasteiger partial charge in [0.2, 0.25) is 5.91 Å². The molecule has 3 aromatic heterocycles. The van der Waals surface area contributed by atoms with Gasteiger partial charge in [-0.2, -0.15) is 0 Å². The third kappa shape index (κ3) is 3.95. The number of nitrogens with one attached hydrogen (secondary N) is 1. The van der Waals surface area contributed by atoms with Crippen LogP contribution in [0.3, 0.4) is 0 Å². The number of pyridine rings is 1. The van der Waals surface area contributed by atoms with Gasteiger partial charge in [0.05, 0.1) is 21.4 Å². The number of amides is 1. The highest BCUT2D eigenvalue weighted by molar-refractivity contribution is 8.00. The number of hydrogen-bond acceptors (Lipinski definition) is 7. The number of aromatic nitrogens is 4. The molecule has 0 radical (unpaired) electrons. The van der Waals surface area contributed by atoms with Crippen LogP contribution < -0.4 is 16.6 Å². The van der Waals surface area contributed by atoms with E-state index in [2.05, 4.69) is 15.3 Å². The van der Waals surface area contributed by atoms with Gasteiger partial charge in [-0.05, 0) is 36.1 Å². The number of nitrogens with zero attached hydrogens (tertiary/aromatic N) is 4. The molecule has 0 bridgehead atoms. The molecular formula is C22H23N5O3S2. The molecule has 4 aromatic rings. The van der Waals surface area contributed by atoms with Crippen LogP contribution in [0, 0.1) is 6.92 Å². The number of thiazole rings is 1. The Morgan fingerprint density at radius 2 is 1.97 bits per heavy atom. The summed E-state index contributed by atoms with van der Waals surface area (Å²) in [6.45, 7) is 6.02. The molecule has 1 amide bonds. The van der Waals surface area contributed by atoms with Gasteiger partial charge < -0.3 is 5.32 Å². The van der Waals surface area contributed by atoms with Gasteiger partial charge in [-0.25, -0.2) is 14.8 Å². The van der Waals surface area contributed by atoms with Crippen LogP contribution in [0.15, 0.2) is 38.9 Å². The van der Waals surface area contributed by atoms with Gasteiger partial charge in [-0.3, -0.25) is 18.7 Å². The fourth-order valence-corrected chi connectivity index (χ4v) is 5.57. The second-order valence-corrected chi connectivity index (χ2v) is 9.95. The first-order valence-electron chi connectivity index (χ1n) is 10.1. The van der Waals surface area contributed by atoms with Crippen molar-refractivity contribution in [3.8, 4) is 0 Å². The van der Waals surface area contributed by atoms with Crippen molar-refractivity contribution < 1.29 is 4.79 Å². The van der Waals surface area contributed by atoms with E-state index in [0.29, 0.717) is 21.1 Å². The maximum Gasteiger partial charge on any atom is 0.332 e. The Hall–Kier alpha value is -2.98. The van der Waals surface area contributed by atoms with Gasteiger partial charge >= 0.3 is 5.69 Å². The van der Waals surface area contributed by atoms with Crippen molar-refractivity contribution in [3.05, 3.63) is 56.4 Å². The van der Waals surface area contributed by atoms with Crippen LogP contribution in [-0.2, 0) is 18.9 Å². The summed E-state index contributed by atoms with van der Waals surface area (Å²) in [7, 11) is 3.03. The molecule has 3 heterocycles. The summed E-state index contributed by atoms with van der Waals surface area (Å²) in [5.41, 5.74) is 2.30. The van der Waals surface area contributed by atoms with E-state index in [9.17, 15) is 14.4 Å². The number of hydrogen-bond donors (Lipinski definition) is 1. The molecule has 0 aliphatic rings. The van der Waals surface area contributed by atoms with Crippen LogP contribution in [0.2, 0.25) is 0 Å². The number of fused-ring (bicyclic) bond motifs is 2. The molecule has 0 aliphatic carbocycles. The van der Waals surface area contributed by atoms with E-state index < -0.39 is 11.2 Å². The van der Waals surface area contributed by atoms with Gasteiger partial charge in [0.25, 0.3) is 5.56 Å². The molecule has 0 fully saturated rings. The van der Waals surface area contributed by atoms with Crippen molar-refractivity contribution >= 4 is 55.4 Å². The molecule has 0 atom stereocenters. The number of benzene rings is 1. The zero-order chi connectivity index (χ0) is 23.2. The lowest BCUT2D eigenvalue weighted by Gasteiger charge is -2.16. The van der Waals surface area contributed by atoms with Crippen LogP contribution in [0.4, 0.5) is 5.13 Å². The van der Waals surface area contributed by atoms with Gasteiger partial charge in [0, 0.05) is 25.2 Å². The molecule has 0 saturated heterocycles. The highest BCUT2D eigenvalue weighted by Gasteiger charge is 2.20. The van der Waals surface area contributed by atoms with Crippen LogP contribution in [0.1, 0.15) is 30.9 Å². The van der Waals surface area contributed by atoms with Crippen molar-refractivity contribution in [3.63, 3.8) is 0 Å². The minimum atomic E-state index is -0.438. The average Bonchev–Trinajstić information content (AvgIpc) is 3.14. The first kappa shape index (κ1) is 22.2. The molecular weight excluding hydrogens is 446 g/mol. The van der Waals surface area contributed by atoms with Crippen molar-refractivity contribution in [2.75, 3.05) is 11.1 Å². The smallest absolute Gasteiger partial charge is 0.301 e. The zero-order valence-electron chi connectivity index (χ0n) is 18.4. The molecule has 0 spiro atoms. The predicted molar refractivity (Wildman–Crippen MR) is 130 cm³/mol. The highest BCUT2D eigenvalue weighted by Crippen LogP contribution is 2.33. The minimum absolute atomic E-state index is 0.0897. The van der Waals surface area contributed by atoms with E-state index in [4.69, 9.17) is 0 Å². The standard InChI is InChI=1S/C22H23N5O3S2/c1-11(2)13-9-23-19-17(20(29)27(5)22(30)26(19)4)18(13)31-10-16(28)25-21-24-14-7-6-12(3)8-15(14)32-21/h6-9,11H,10H2,1-5H3,(H,24,25,28). The maximum atomic E-state index is 12.9. The first-order chi connectivity index (χ1) is 15.2. The molecule has 0 unspecified atom stereocenters. The van der Waals surface area contributed by atoms with Crippen molar-refractivity contribution in [1.29, 1.82) is 0 Å². The lowest BCUT2D eigenvalue weighted by atomic mass is 10.0. The first-order valence-corrected chi connectivity index (χ1v) is 11.9. The summed E-state index contributed by atoms with van der Waals surface area (Å²) in [4.78, 5) is 47.5. The Morgan fingerprint density at radius 1 is 1.22 bits per heavy atom. The monoisotopic (exact) mass is 469 g/mol. The highest BCUT2D eigenvalue weighted by atomic mass is 32.2. The van der Waals surface area contributed by atoms with Gasteiger partial charge in [0.15, 0.2) is 5.13 Å². The number of thioether (sulfide) groups is 1. The van der Waals surface area contributed by atoms with E-state index >= 15 is 0 Å². The number of anilines is 1. The lowest BCUT2D eigenvalue weighted by Crippen LogP contribution is -2.37. The summed E-state index contributed by atoms with van der Waals surface area (Å²) >= 11 is 2.70. The van der Waals surface area contributed by atoms with E-state index in [1.54, 1.807) is 13.2 Å². The van der Waals surface area contributed by atoms with Crippen molar-refractivity contribution in [2.24, 2.45) is 14.1 Å². The Kier molecular flexibility index (Phi) is 5.91. The fourth-order valence-electron chi connectivity index (χ4n) is 3.46.